The van der Waals surface area contributed by atoms with Crippen molar-refractivity contribution in [3.05, 3.63) is 27.5 Å². The van der Waals surface area contributed by atoms with Crippen molar-refractivity contribution in [1.29, 1.82) is 0 Å². The van der Waals surface area contributed by atoms with Crippen LogP contribution in [-0.4, -0.2) is 6.26 Å². The van der Waals surface area contributed by atoms with Crippen LogP contribution >= 0.6 is 50.6 Å². The molecular weight excluding hydrogens is 300 g/mol. The highest BCUT2D eigenvalue weighted by Gasteiger charge is 2.08. The van der Waals surface area contributed by atoms with Crippen LogP contribution in [0.15, 0.2) is 26.9 Å². The van der Waals surface area contributed by atoms with Gasteiger partial charge in [-0.25, -0.2) is 0 Å². The lowest BCUT2D eigenvalue weighted by atomic mass is 10.2. The van der Waals surface area contributed by atoms with E-state index in [1.54, 1.807) is 23.1 Å². The zero-order valence-corrected chi connectivity index (χ0v) is 11.5. The summed E-state index contributed by atoms with van der Waals surface area (Å²) in [4.78, 5) is 1.33. The molecule has 0 fully saturated rings. The van der Waals surface area contributed by atoms with E-state index in [0.717, 1.165) is 4.47 Å². The minimum Gasteiger partial charge on any atom is -0.143 e. The molecule has 1 aromatic heterocycles. The van der Waals surface area contributed by atoms with Gasteiger partial charge in [-0.3, -0.25) is 0 Å². The molecular formula is C10H8BrClS2. The smallest absolute Gasteiger partial charge is 0.0474 e. The Morgan fingerprint density at radius 3 is 2.93 bits per heavy atom. The van der Waals surface area contributed by atoms with Crippen molar-refractivity contribution >= 4 is 60.7 Å². The molecule has 0 bridgehead atoms. The van der Waals surface area contributed by atoms with Crippen molar-refractivity contribution in [3.63, 3.8) is 0 Å². The van der Waals surface area contributed by atoms with Crippen molar-refractivity contribution in [1.82, 2.24) is 0 Å². The first-order valence-electron chi connectivity index (χ1n) is 4.06. The van der Waals surface area contributed by atoms with Crippen LogP contribution in [0.5, 0.6) is 0 Å². The molecule has 0 saturated heterocycles. The Kier molecular flexibility index (Phi) is 3.42. The van der Waals surface area contributed by atoms with Gasteiger partial charge >= 0.3 is 0 Å². The second-order valence-corrected chi connectivity index (χ2v) is 5.77. The fraction of sp³-hybridized carbons (Fsp3) is 0.200. The minimum atomic E-state index is 0.570. The molecule has 2 rings (SSSR count). The largest absolute Gasteiger partial charge is 0.143 e. The van der Waals surface area contributed by atoms with E-state index in [4.69, 9.17) is 11.6 Å². The molecule has 0 atom stereocenters. The fourth-order valence-corrected chi connectivity index (χ4v) is 4.44. The quantitative estimate of drug-likeness (QED) is 0.548. The van der Waals surface area contributed by atoms with Crippen molar-refractivity contribution in [3.8, 4) is 0 Å². The van der Waals surface area contributed by atoms with E-state index in [1.807, 2.05) is 0 Å². The van der Waals surface area contributed by atoms with E-state index in [-0.39, 0.29) is 0 Å². The lowest BCUT2D eigenvalue weighted by Gasteiger charge is -2.01. The Bertz CT molecular complexity index is 464. The Balaban J connectivity index is 2.72. The van der Waals surface area contributed by atoms with Crippen molar-refractivity contribution in [2.24, 2.45) is 0 Å². The van der Waals surface area contributed by atoms with Crippen molar-refractivity contribution in [2.45, 2.75) is 10.8 Å². The molecule has 0 spiro atoms. The number of hydrogen-bond acceptors (Lipinski definition) is 2. The molecule has 2 aromatic rings. The molecule has 14 heavy (non-hydrogen) atoms. The van der Waals surface area contributed by atoms with Gasteiger partial charge in [0.25, 0.3) is 0 Å². The first-order chi connectivity index (χ1) is 6.76. The summed E-state index contributed by atoms with van der Waals surface area (Å²) in [5, 5.41) is 3.51. The number of thiophene rings is 1. The molecule has 1 heterocycles. The van der Waals surface area contributed by atoms with Gasteiger partial charge in [-0.2, -0.15) is 0 Å². The van der Waals surface area contributed by atoms with E-state index in [1.165, 1.54) is 20.5 Å². The maximum absolute atomic E-state index is 5.82. The first kappa shape index (κ1) is 10.8. The molecule has 0 nitrogen and oxygen atoms in total. The van der Waals surface area contributed by atoms with Crippen LogP contribution in [0.1, 0.15) is 5.56 Å². The third-order valence-electron chi connectivity index (χ3n) is 2.03. The number of fused-ring (bicyclic) bond motifs is 1. The summed E-state index contributed by atoms with van der Waals surface area (Å²) < 4.78 is 2.45. The van der Waals surface area contributed by atoms with E-state index in [0.29, 0.717) is 5.88 Å². The maximum atomic E-state index is 5.82. The van der Waals surface area contributed by atoms with Gasteiger partial charge in [-0.15, -0.1) is 34.7 Å². The summed E-state index contributed by atoms with van der Waals surface area (Å²) in [6, 6.07) is 4.26. The summed E-state index contributed by atoms with van der Waals surface area (Å²) in [7, 11) is 0. The molecule has 0 aliphatic carbocycles. The van der Waals surface area contributed by atoms with E-state index in [9.17, 15) is 0 Å². The molecule has 0 radical (unpaired) electrons. The van der Waals surface area contributed by atoms with E-state index < -0.39 is 0 Å². The van der Waals surface area contributed by atoms with Gasteiger partial charge in [-0.05, 0) is 24.0 Å². The van der Waals surface area contributed by atoms with Crippen LogP contribution in [0.4, 0.5) is 0 Å². The predicted molar refractivity (Wildman–Crippen MR) is 70.9 cm³/mol. The summed E-state index contributed by atoms with van der Waals surface area (Å²) in [5.41, 5.74) is 1.17. The van der Waals surface area contributed by atoms with Gasteiger partial charge in [0.15, 0.2) is 0 Å². The third kappa shape index (κ3) is 1.83. The Labute approximate surface area is 105 Å². The zero-order valence-electron chi connectivity index (χ0n) is 7.51. The Morgan fingerprint density at radius 2 is 2.29 bits per heavy atom. The molecule has 74 valence electrons. The maximum Gasteiger partial charge on any atom is 0.0474 e. The second kappa shape index (κ2) is 4.44. The lowest BCUT2D eigenvalue weighted by Crippen LogP contribution is -1.78. The normalized spacial score (nSPS) is 11.1. The fourth-order valence-electron chi connectivity index (χ4n) is 1.37. The molecule has 4 heteroatoms. The zero-order chi connectivity index (χ0) is 10.1. The molecule has 0 aliphatic heterocycles. The summed E-state index contributed by atoms with van der Waals surface area (Å²) in [5.74, 6) is 0.570. The summed E-state index contributed by atoms with van der Waals surface area (Å²) >= 11 is 13.0. The SMILES string of the molecule is CSc1csc2cc(CCl)cc(Br)c12. The van der Waals surface area contributed by atoms with Crippen molar-refractivity contribution in [2.75, 3.05) is 6.26 Å². The molecule has 0 N–H and O–H groups in total. The number of halogens is 2. The Hall–Kier alpha value is 0.300. The van der Waals surface area contributed by atoms with Crippen molar-refractivity contribution < 1.29 is 0 Å². The number of thioether (sulfide) groups is 1. The molecule has 0 unspecified atom stereocenters. The monoisotopic (exact) mass is 306 g/mol. The average molecular weight is 308 g/mol. The topological polar surface area (TPSA) is 0 Å². The predicted octanol–water partition coefficient (Wildman–Crippen LogP) is 5.12. The van der Waals surface area contributed by atoms with E-state index >= 15 is 0 Å². The summed E-state index contributed by atoms with van der Waals surface area (Å²) in [6.45, 7) is 0. The molecule has 0 saturated carbocycles. The van der Waals surface area contributed by atoms with Gasteiger partial charge in [0.05, 0.1) is 0 Å². The van der Waals surface area contributed by atoms with Crippen LogP contribution in [0.3, 0.4) is 0 Å². The standard InChI is InChI=1S/C10H8BrClS2/c1-13-9-5-14-8-3-6(4-12)2-7(11)10(8)9/h2-3,5H,4H2,1H3. The molecule has 1 aromatic carbocycles. The minimum absolute atomic E-state index is 0.570. The second-order valence-electron chi connectivity index (χ2n) is 2.89. The lowest BCUT2D eigenvalue weighted by molar-refractivity contribution is 1.42. The van der Waals surface area contributed by atoms with Gasteiger partial charge in [-0.1, -0.05) is 15.9 Å². The Morgan fingerprint density at radius 1 is 1.50 bits per heavy atom. The average Bonchev–Trinajstić information content (AvgIpc) is 2.61. The number of benzene rings is 1. The van der Waals surface area contributed by atoms with Crippen LogP contribution in [0, 0.1) is 0 Å². The van der Waals surface area contributed by atoms with E-state index in [2.05, 4.69) is 39.7 Å². The highest BCUT2D eigenvalue weighted by Crippen LogP contribution is 2.38. The van der Waals surface area contributed by atoms with Gasteiger partial charge < -0.3 is 0 Å². The first-order valence-corrected chi connectivity index (χ1v) is 7.49. The highest BCUT2D eigenvalue weighted by molar-refractivity contribution is 9.10. The molecule has 0 aliphatic rings. The molecule has 0 amide bonds. The number of alkyl halides is 1. The highest BCUT2D eigenvalue weighted by atomic mass is 79.9. The number of rotatable bonds is 2. The third-order valence-corrected chi connectivity index (χ3v) is 4.80. The van der Waals surface area contributed by atoms with Crippen LogP contribution in [0.25, 0.3) is 10.1 Å². The van der Waals surface area contributed by atoms with Gasteiger partial charge in [0.1, 0.15) is 0 Å². The van der Waals surface area contributed by atoms with Gasteiger partial charge in [0, 0.05) is 30.7 Å². The van der Waals surface area contributed by atoms with Crippen LogP contribution in [-0.2, 0) is 5.88 Å². The van der Waals surface area contributed by atoms with Gasteiger partial charge in [0.2, 0.25) is 0 Å². The number of hydrogen-bond donors (Lipinski definition) is 0. The van der Waals surface area contributed by atoms with Crippen LogP contribution in [0.2, 0.25) is 0 Å². The summed E-state index contributed by atoms with van der Waals surface area (Å²) in [6.07, 6.45) is 2.10. The van der Waals surface area contributed by atoms with Crippen LogP contribution < -0.4 is 0 Å².